The van der Waals surface area contributed by atoms with Gasteiger partial charge in [-0.3, -0.25) is 4.90 Å². The van der Waals surface area contributed by atoms with Gasteiger partial charge in [0.05, 0.1) is 13.2 Å². The summed E-state index contributed by atoms with van der Waals surface area (Å²) in [4.78, 5) is 20.4. The van der Waals surface area contributed by atoms with E-state index in [-0.39, 0.29) is 0 Å². The van der Waals surface area contributed by atoms with E-state index in [1.165, 1.54) is 25.7 Å². The second-order valence-electron chi connectivity index (χ2n) is 5.82. The van der Waals surface area contributed by atoms with Crippen molar-refractivity contribution in [2.45, 2.75) is 50.1 Å². The van der Waals surface area contributed by atoms with E-state index in [0.717, 1.165) is 32.3 Å². The summed E-state index contributed by atoms with van der Waals surface area (Å²) in [6.45, 7) is 4.09. The minimum absolute atomic E-state index is 0.470. The largest absolute Gasteiger partial charge is 0.490 e. The third kappa shape index (κ3) is 11.7. The van der Waals surface area contributed by atoms with E-state index < -0.39 is 24.3 Å². The van der Waals surface area contributed by atoms with E-state index in [9.17, 15) is 26.3 Å². The Kier molecular flexibility index (Phi) is 10.6. The molecular formula is C14H22F6N2O5. The van der Waals surface area contributed by atoms with Gasteiger partial charge in [-0.25, -0.2) is 9.59 Å². The number of ether oxygens (including phenoxy) is 1. The fourth-order valence-corrected chi connectivity index (χ4v) is 2.41. The maximum Gasteiger partial charge on any atom is 0.490 e. The number of nitrogens with two attached hydrogens (primary N) is 1. The molecule has 0 aromatic heterocycles. The zero-order valence-electron chi connectivity index (χ0n) is 14.2. The lowest BCUT2D eigenvalue weighted by molar-refractivity contribution is -0.193. The SMILES string of the molecule is NC1CCC(N2CCOCC2)CC1.O=C(O)C(F)(F)F.O=C(O)C(F)(F)F. The summed E-state index contributed by atoms with van der Waals surface area (Å²) in [7, 11) is 0. The van der Waals surface area contributed by atoms with E-state index in [2.05, 4.69) is 4.90 Å². The Hall–Kier alpha value is -1.60. The molecule has 4 N–H and O–H groups in total. The number of carbonyl (C=O) groups is 2. The normalized spacial score (nSPS) is 24.0. The second-order valence-corrected chi connectivity index (χ2v) is 5.82. The molecule has 0 atom stereocenters. The maximum absolute atomic E-state index is 10.6. The van der Waals surface area contributed by atoms with Crippen LogP contribution in [0, 0.1) is 0 Å². The molecule has 7 nitrogen and oxygen atoms in total. The molecule has 1 aliphatic carbocycles. The second kappa shape index (κ2) is 11.3. The van der Waals surface area contributed by atoms with Crippen LogP contribution in [0.2, 0.25) is 0 Å². The highest BCUT2D eigenvalue weighted by molar-refractivity contribution is 5.73. The van der Waals surface area contributed by atoms with Gasteiger partial charge in [-0.15, -0.1) is 0 Å². The summed E-state index contributed by atoms with van der Waals surface area (Å²) in [5, 5.41) is 14.2. The summed E-state index contributed by atoms with van der Waals surface area (Å²) < 4.78 is 68.8. The van der Waals surface area contributed by atoms with Crippen LogP contribution in [0.25, 0.3) is 0 Å². The first kappa shape index (κ1) is 25.4. The molecule has 2 aliphatic rings. The average Bonchev–Trinajstić information content (AvgIpc) is 2.56. The quantitative estimate of drug-likeness (QED) is 0.564. The van der Waals surface area contributed by atoms with Crippen LogP contribution in [0.5, 0.6) is 0 Å². The number of carboxylic acid groups (broad SMARTS) is 2. The first-order valence-corrected chi connectivity index (χ1v) is 7.92. The molecule has 1 aliphatic heterocycles. The Labute approximate surface area is 151 Å². The highest BCUT2D eigenvalue weighted by atomic mass is 19.4. The number of hydrogen-bond acceptors (Lipinski definition) is 5. The molecule has 0 aromatic carbocycles. The van der Waals surface area contributed by atoms with E-state index in [4.69, 9.17) is 30.3 Å². The van der Waals surface area contributed by atoms with Crippen LogP contribution in [0.15, 0.2) is 0 Å². The van der Waals surface area contributed by atoms with Gasteiger partial charge in [0, 0.05) is 25.2 Å². The van der Waals surface area contributed by atoms with E-state index in [1.54, 1.807) is 0 Å². The van der Waals surface area contributed by atoms with Crippen LogP contribution in [-0.4, -0.2) is 77.8 Å². The molecule has 160 valence electrons. The number of carboxylic acids is 2. The van der Waals surface area contributed by atoms with Crippen molar-refractivity contribution in [2.24, 2.45) is 5.73 Å². The molecule has 1 saturated carbocycles. The maximum atomic E-state index is 10.6. The van der Waals surface area contributed by atoms with E-state index in [0.29, 0.717) is 6.04 Å². The van der Waals surface area contributed by atoms with Crippen molar-refractivity contribution in [2.75, 3.05) is 26.3 Å². The third-order valence-electron chi connectivity index (χ3n) is 3.79. The van der Waals surface area contributed by atoms with Gasteiger partial charge in [-0.1, -0.05) is 0 Å². The van der Waals surface area contributed by atoms with Crippen molar-refractivity contribution in [1.29, 1.82) is 0 Å². The van der Waals surface area contributed by atoms with E-state index in [1.807, 2.05) is 0 Å². The zero-order chi connectivity index (χ0) is 21.3. The van der Waals surface area contributed by atoms with Gasteiger partial charge in [-0.05, 0) is 25.7 Å². The fourth-order valence-electron chi connectivity index (χ4n) is 2.41. The summed E-state index contributed by atoms with van der Waals surface area (Å²) >= 11 is 0. The molecule has 2 fully saturated rings. The summed E-state index contributed by atoms with van der Waals surface area (Å²) in [5.41, 5.74) is 5.88. The number of aliphatic carboxylic acids is 2. The number of rotatable bonds is 1. The molecule has 0 unspecified atom stereocenters. The Morgan fingerprint density at radius 2 is 1.19 bits per heavy atom. The number of nitrogens with zero attached hydrogens (tertiary/aromatic N) is 1. The van der Waals surface area contributed by atoms with Crippen LogP contribution < -0.4 is 5.73 Å². The fraction of sp³-hybridized carbons (Fsp3) is 0.857. The molecule has 27 heavy (non-hydrogen) atoms. The summed E-state index contributed by atoms with van der Waals surface area (Å²) in [5.74, 6) is -5.51. The lowest BCUT2D eigenvalue weighted by atomic mass is 9.90. The van der Waals surface area contributed by atoms with Gasteiger partial charge in [0.25, 0.3) is 0 Å². The molecule has 0 amide bonds. The van der Waals surface area contributed by atoms with E-state index >= 15 is 0 Å². The van der Waals surface area contributed by atoms with Crippen molar-refractivity contribution in [3.63, 3.8) is 0 Å². The molecule has 1 saturated heterocycles. The predicted molar refractivity (Wildman–Crippen MR) is 80.0 cm³/mol. The van der Waals surface area contributed by atoms with Gasteiger partial charge >= 0.3 is 24.3 Å². The number of alkyl halides is 6. The number of hydrogen-bond donors (Lipinski definition) is 3. The van der Waals surface area contributed by atoms with Crippen molar-refractivity contribution in [3.8, 4) is 0 Å². The smallest absolute Gasteiger partial charge is 0.475 e. The van der Waals surface area contributed by atoms with Crippen molar-refractivity contribution >= 4 is 11.9 Å². The number of morpholine rings is 1. The predicted octanol–water partition coefficient (Wildman–Crippen LogP) is 1.86. The molecule has 0 bridgehead atoms. The summed E-state index contributed by atoms with van der Waals surface area (Å²) in [6.07, 6.45) is -5.16. The minimum atomic E-state index is -5.08. The molecule has 0 aromatic rings. The van der Waals surface area contributed by atoms with Gasteiger partial charge in [-0.2, -0.15) is 26.3 Å². The van der Waals surface area contributed by atoms with Crippen LogP contribution >= 0.6 is 0 Å². The topological polar surface area (TPSA) is 113 Å². The molecule has 13 heteroatoms. The van der Waals surface area contributed by atoms with Crippen molar-refractivity contribution in [1.82, 2.24) is 4.90 Å². The molecule has 2 rings (SSSR count). The Morgan fingerprint density at radius 1 is 0.852 bits per heavy atom. The average molecular weight is 412 g/mol. The van der Waals surface area contributed by atoms with Crippen LogP contribution in [0.1, 0.15) is 25.7 Å². The van der Waals surface area contributed by atoms with Gasteiger partial charge in [0.1, 0.15) is 0 Å². The van der Waals surface area contributed by atoms with Gasteiger partial charge in [0.15, 0.2) is 0 Å². The zero-order valence-corrected chi connectivity index (χ0v) is 14.2. The minimum Gasteiger partial charge on any atom is -0.475 e. The highest BCUT2D eigenvalue weighted by Crippen LogP contribution is 2.22. The van der Waals surface area contributed by atoms with Gasteiger partial charge in [0.2, 0.25) is 0 Å². The Morgan fingerprint density at radius 3 is 1.48 bits per heavy atom. The molecule has 0 spiro atoms. The first-order chi connectivity index (χ1) is 12.2. The monoisotopic (exact) mass is 412 g/mol. The molecular weight excluding hydrogens is 390 g/mol. The van der Waals surface area contributed by atoms with Crippen LogP contribution in [0.4, 0.5) is 26.3 Å². The number of halogens is 6. The van der Waals surface area contributed by atoms with Crippen molar-refractivity contribution < 1.29 is 50.9 Å². The Balaban J connectivity index is 0.000000416. The lowest BCUT2D eigenvalue weighted by Gasteiger charge is -2.38. The van der Waals surface area contributed by atoms with Gasteiger partial charge < -0.3 is 20.7 Å². The van der Waals surface area contributed by atoms with Crippen molar-refractivity contribution in [3.05, 3.63) is 0 Å². The lowest BCUT2D eigenvalue weighted by Crippen LogP contribution is -2.46. The van der Waals surface area contributed by atoms with Crippen LogP contribution in [-0.2, 0) is 14.3 Å². The molecule has 1 heterocycles. The standard InChI is InChI=1S/C10H20N2O.2C2HF3O2/c11-9-1-3-10(4-2-9)12-5-7-13-8-6-12;2*3-2(4,5)1(6)7/h9-10H,1-8,11H2;2*(H,6,7). The third-order valence-corrected chi connectivity index (χ3v) is 3.79. The first-order valence-electron chi connectivity index (χ1n) is 7.92. The Bertz CT molecular complexity index is 434. The summed E-state index contributed by atoms with van der Waals surface area (Å²) in [6, 6.07) is 1.26. The highest BCUT2D eigenvalue weighted by Gasteiger charge is 2.38. The molecule has 0 radical (unpaired) electrons. The van der Waals surface area contributed by atoms with Crippen LogP contribution in [0.3, 0.4) is 0 Å².